The smallest absolute Gasteiger partial charge is 0.288 e. The molecule has 2 heterocycles. The van der Waals surface area contributed by atoms with Gasteiger partial charge in [0.25, 0.3) is 11.6 Å². The first-order valence-electron chi connectivity index (χ1n) is 6.22. The summed E-state index contributed by atoms with van der Waals surface area (Å²) in [4.78, 5) is 27.4. The number of rotatable bonds is 3. The van der Waals surface area contributed by atoms with E-state index in [9.17, 15) is 20.0 Å². The van der Waals surface area contributed by atoms with E-state index in [1.54, 1.807) is 0 Å². The van der Waals surface area contributed by atoms with Gasteiger partial charge >= 0.3 is 0 Å². The van der Waals surface area contributed by atoms with E-state index < -0.39 is 16.4 Å². The molecule has 8 heteroatoms. The highest BCUT2D eigenvalue weighted by molar-refractivity contribution is 6.32. The lowest BCUT2D eigenvalue weighted by atomic mass is 9.88. The Balaban J connectivity index is 1.78. The van der Waals surface area contributed by atoms with Crippen LogP contribution in [0.1, 0.15) is 23.2 Å². The van der Waals surface area contributed by atoms with Gasteiger partial charge in [-0.05, 0) is 18.8 Å². The maximum atomic E-state index is 12.2. The van der Waals surface area contributed by atoms with Crippen LogP contribution < -0.4 is 0 Å². The summed E-state index contributed by atoms with van der Waals surface area (Å²) in [5, 5.41) is 20.8. The van der Waals surface area contributed by atoms with Crippen LogP contribution in [0, 0.1) is 16.0 Å². The Morgan fingerprint density at radius 3 is 2.75 bits per heavy atom. The predicted molar refractivity (Wildman–Crippen MR) is 69.5 cm³/mol. The van der Waals surface area contributed by atoms with Crippen molar-refractivity contribution in [2.24, 2.45) is 5.92 Å². The monoisotopic (exact) mass is 297 g/mol. The van der Waals surface area contributed by atoms with Gasteiger partial charge in [0.2, 0.25) is 0 Å². The van der Waals surface area contributed by atoms with E-state index in [-0.39, 0.29) is 35.4 Å². The van der Waals surface area contributed by atoms with E-state index in [2.05, 4.69) is 4.98 Å². The van der Waals surface area contributed by atoms with Crippen LogP contribution in [0.4, 0.5) is 5.69 Å². The Hall–Kier alpha value is -1.73. The lowest BCUT2D eigenvalue weighted by Crippen LogP contribution is -2.64. The van der Waals surface area contributed by atoms with Crippen LogP contribution in [0.2, 0.25) is 5.15 Å². The minimum absolute atomic E-state index is 0.00119. The van der Waals surface area contributed by atoms with Crippen LogP contribution in [0.5, 0.6) is 0 Å². The van der Waals surface area contributed by atoms with E-state index in [0.717, 1.165) is 25.1 Å². The lowest BCUT2D eigenvalue weighted by Gasteiger charge is -2.47. The second-order valence-electron chi connectivity index (χ2n) is 5.33. The Labute approximate surface area is 119 Å². The highest BCUT2D eigenvalue weighted by Crippen LogP contribution is 2.44. The maximum Gasteiger partial charge on any atom is 0.288 e. The van der Waals surface area contributed by atoms with Crippen molar-refractivity contribution in [2.45, 2.75) is 18.4 Å². The van der Waals surface area contributed by atoms with Gasteiger partial charge in [-0.1, -0.05) is 11.6 Å². The number of nitrogens with zero attached hydrogens (tertiary/aromatic N) is 3. The molecular weight excluding hydrogens is 286 g/mol. The van der Waals surface area contributed by atoms with E-state index in [1.165, 1.54) is 4.90 Å². The molecule has 0 atom stereocenters. The second kappa shape index (κ2) is 4.39. The molecule has 2 fully saturated rings. The molecule has 2 aliphatic rings. The van der Waals surface area contributed by atoms with Crippen molar-refractivity contribution < 1.29 is 14.8 Å². The van der Waals surface area contributed by atoms with Gasteiger partial charge in [-0.25, -0.2) is 4.98 Å². The number of aromatic nitrogens is 1. The molecule has 20 heavy (non-hydrogen) atoms. The van der Waals surface area contributed by atoms with Gasteiger partial charge in [0.05, 0.1) is 23.6 Å². The Kier molecular flexibility index (Phi) is 2.91. The van der Waals surface area contributed by atoms with Gasteiger partial charge in [0, 0.05) is 6.07 Å². The molecule has 1 aliphatic carbocycles. The molecule has 1 aromatic rings. The summed E-state index contributed by atoms with van der Waals surface area (Å²) in [6.45, 7) is 0.491. The summed E-state index contributed by atoms with van der Waals surface area (Å²) in [6.07, 6.45) is 2.98. The highest BCUT2D eigenvalue weighted by atomic mass is 35.5. The van der Waals surface area contributed by atoms with Crippen LogP contribution >= 0.6 is 11.6 Å². The van der Waals surface area contributed by atoms with Crippen molar-refractivity contribution in [3.05, 3.63) is 33.1 Å². The molecule has 0 radical (unpaired) electrons. The third-order valence-electron chi connectivity index (χ3n) is 3.82. The molecule has 1 N–H and O–H groups in total. The molecule has 3 rings (SSSR count). The summed E-state index contributed by atoms with van der Waals surface area (Å²) in [5.41, 5.74) is -1.08. The summed E-state index contributed by atoms with van der Waals surface area (Å²) >= 11 is 5.82. The van der Waals surface area contributed by atoms with Gasteiger partial charge in [-0.2, -0.15) is 0 Å². The van der Waals surface area contributed by atoms with Gasteiger partial charge in [0.1, 0.15) is 17.0 Å². The predicted octanol–water partition coefficient (Wildman–Crippen LogP) is 1.24. The van der Waals surface area contributed by atoms with E-state index in [4.69, 9.17) is 11.6 Å². The molecule has 0 aromatic carbocycles. The Morgan fingerprint density at radius 1 is 1.55 bits per heavy atom. The molecular formula is C12H12ClN3O4. The molecule has 1 amide bonds. The average molecular weight is 298 g/mol. The first kappa shape index (κ1) is 13.3. The minimum atomic E-state index is -0.795. The van der Waals surface area contributed by atoms with Gasteiger partial charge < -0.3 is 10.0 Å². The number of aliphatic hydroxyl groups is 1. The van der Waals surface area contributed by atoms with Gasteiger partial charge in [-0.3, -0.25) is 14.9 Å². The van der Waals surface area contributed by atoms with Crippen LogP contribution in [-0.4, -0.2) is 44.5 Å². The van der Waals surface area contributed by atoms with Crippen molar-refractivity contribution in [2.75, 3.05) is 13.1 Å². The zero-order valence-electron chi connectivity index (χ0n) is 10.5. The molecule has 0 spiro atoms. The number of hydrogen-bond donors (Lipinski definition) is 1. The van der Waals surface area contributed by atoms with Crippen LogP contribution in [0.25, 0.3) is 0 Å². The number of carbonyl (C=O) groups is 1. The fourth-order valence-electron chi connectivity index (χ4n) is 2.49. The topological polar surface area (TPSA) is 96.6 Å². The summed E-state index contributed by atoms with van der Waals surface area (Å²) in [5.74, 6) is -0.165. The van der Waals surface area contributed by atoms with E-state index >= 15 is 0 Å². The minimum Gasteiger partial charge on any atom is -0.386 e. The third kappa shape index (κ3) is 2.12. The molecule has 1 aromatic heterocycles. The second-order valence-corrected chi connectivity index (χ2v) is 5.69. The Morgan fingerprint density at radius 2 is 2.20 bits per heavy atom. The van der Waals surface area contributed by atoms with E-state index in [1.807, 2.05) is 0 Å². The number of halogens is 1. The number of hydrogen-bond acceptors (Lipinski definition) is 5. The molecule has 1 saturated carbocycles. The van der Waals surface area contributed by atoms with Crippen LogP contribution in [0.3, 0.4) is 0 Å². The number of carbonyl (C=O) groups excluding carboxylic acids is 1. The third-order valence-corrected chi connectivity index (χ3v) is 4.12. The zero-order valence-corrected chi connectivity index (χ0v) is 11.2. The molecule has 7 nitrogen and oxygen atoms in total. The normalized spacial score (nSPS) is 20.4. The standard InChI is InChI=1S/C12H12ClN3O4/c13-10-9(3-8(4-14-10)16(19)20)11(17)15-5-12(18,6-15)7-1-2-7/h3-4,7,18H,1-2,5-6H2. The Bertz CT molecular complexity index is 596. The summed E-state index contributed by atoms with van der Waals surface area (Å²) in [7, 11) is 0. The summed E-state index contributed by atoms with van der Waals surface area (Å²) < 4.78 is 0. The lowest BCUT2D eigenvalue weighted by molar-refractivity contribution is -0.385. The van der Waals surface area contributed by atoms with Crippen molar-refractivity contribution in [1.29, 1.82) is 0 Å². The number of likely N-dealkylation sites (tertiary alicyclic amines) is 1. The van der Waals surface area contributed by atoms with Crippen molar-refractivity contribution in [3.63, 3.8) is 0 Å². The largest absolute Gasteiger partial charge is 0.386 e. The fourth-order valence-corrected chi connectivity index (χ4v) is 2.68. The van der Waals surface area contributed by atoms with Crippen LogP contribution in [-0.2, 0) is 0 Å². The van der Waals surface area contributed by atoms with Crippen molar-refractivity contribution >= 4 is 23.2 Å². The number of β-amino-alcohol motifs (C(OH)–C–C–N with tert-alkyl or cyclic N) is 1. The number of nitro groups is 1. The van der Waals surface area contributed by atoms with Gasteiger partial charge in [-0.15, -0.1) is 0 Å². The zero-order chi connectivity index (χ0) is 14.5. The first-order chi connectivity index (χ1) is 9.40. The molecule has 0 unspecified atom stereocenters. The van der Waals surface area contributed by atoms with Crippen LogP contribution in [0.15, 0.2) is 12.3 Å². The maximum absolute atomic E-state index is 12.2. The highest BCUT2D eigenvalue weighted by Gasteiger charge is 2.53. The first-order valence-corrected chi connectivity index (χ1v) is 6.60. The van der Waals surface area contributed by atoms with E-state index in [0.29, 0.717) is 0 Å². The van der Waals surface area contributed by atoms with Crippen molar-refractivity contribution in [1.82, 2.24) is 9.88 Å². The number of pyridine rings is 1. The fraction of sp³-hybridized carbons (Fsp3) is 0.500. The molecule has 1 aliphatic heterocycles. The SMILES string of the molecule is O=C(c1cc([N+](=O)[O-])cnc1Cl)N1CC(O)(C2CC2)C1. The summed E-state index contributed by atoms with van der Waals surface area (Å²) in [6, 6.07) is 1.12. The molecule has 106 valence electrons. The van der Waals surface area contributed by atoms with Gasteiger partial charge in [0.15, 0.2) is 0 Å². The molecule has 1 saturated heterocycles. The average Bonchev–Trinajstić information content (AvgIpc) is 3.19. The number of amides is 1. The van der Waals surface area contributed by atoms with Crippen molar-refractivity contribution in [3.8, 4) is 0 Å². The molecule has 0 bridgehead atoms. The quantitative estimate of drug-likeness (QED) is 0.514.